The summed E-state index contributed by atoms with van der Waals surface area (Å²) in [7, 11) is 0. The van der Waals surface area contributed by atoms with Crippen LogP contribution in [-0.2, 0) is 0 Å². The molecule has 0 spiro atoms. The van der Waals surface area contributed by atoms with Crippen LogP contribution in [0.15, 0.2) is 24.5 Å². The number of hydrogen-bond donors (Lipinski definition) is 1. The molecule has 0 aliphatic rings. The fourth-order valence-electron chi connectivity index (χ4n) is 1.41. The molecule has 1 aromatic heterocycles. The zero-order valence-corrected chi connectivity index (χ0v) is 9.72. The summed E-state index contributed by atoms with van der Waals surface area (Å²) in [5.41, 5.74) is -0.642. The number of ether oxygens (including phenoxy) is 1. The van der Waals surface area contributed by atoms with E-state index in [1.54, 1.807) is 0 Å². The zero-order valence-electron chi connectivity index (χ0n) is 9.72. The van der Waals surface area contributed by atoms with Crippen molar-refractivity contribution in [2.75, 3.05) is 0 Å². The monoisotopic (exact) mass is 266 g/mol. The molecule has 0 saturated heterocycles. The van der Waals surface area contributed by atoms with E-state index in [-0.39, 0.29) is 11.4 Å². The number of carboxylic acids is 1. The highest BCUT2D eigenvalue weighted by atomic mass is 19.1. The number of aromatic nitrogens is 2. The molecule has 0 saturated carbocycles. The van der Waals surface area contributed by atoms with E-state index in [0.29, 0.717) is 0 Å². The fraction of sp³-hybridized carbons (Fsp3) is 0.0833. The molecule has 0 radical (unpaired) electrons. The average molecular weight is 266 g/mol. The fourth-order valence-corrected chi connectivity index (χ4v) is 1.41. The molecule has 2 rings (SSSR count). The largest absolute Gasteiger partial charge is 0.477 e. The second-order valence-corrected chi connectivity index (χ2v) is 3.60. The lowest BCUT2D eigenvalue weighted by Crippen LogP contribution is -2.05. The summed E-state index contributed by atoms with van der Waals surface area (Å²) >= 11 is 0. The van der Waals surface area contributed by atoms with Crippen molar-refractivity contribution >= 4 is 5.97 Å². The minimum absolute atomic E-state index is 0.0401. The molecule has 0 amide bonds. The van der Waals surface area contributed by atoms with Crippen LogP contribution in [0, 0.1) is 18.6 Å². The van der Waals surface area contributed by atoms with E-state index in [0.717, 1.165) is 12.4 Å². The van der Waals surface area contributed by atoms with Crippen molar-refractivity contribution < 1.29 is 23.4 Å². The summed E-state index contributed by atoms with van der Waals surface area (Å²) in [5, 5.41) is 8.90. The number of hydrogen-bond acceptors (Lipinski definition) is 4. The summed E-state index contributed by atoms with van der Waals surface area (Å²) in [5.74, 6) is -4.11. The minimum atomic E-state index is -1.51. The number of halogens is 2. The van der Waals surface area contributed by atoms with Gasteiger partial charge in [0.2, 0.25) is 5.82 Å². The van der Waals surface area contributed by atoms with Crippen LogP contribution in [0.5, 0.6) is 11.6 Å². The van der Waals surface area contributed by atoms with Gasteiger partial charge in [-0.05, 0) is 19.1 Å². The predicted molar refractivity (Wildman–Crippen MR) is 60.2 cm³/mol. The zero-order chi connectivity index (χ0) is 14.0. The maximum absolute atomic E-state index is 13.6. The van der Waals surface area contributed by atoms with Crippen molar-refractivity contribution in [1.82, 2.24) is 9.97 Å². The van der Waals surface area contributed by atoms with Gasteiger partial charge in [-0.1, -0.05) is 6.07 Å². The number of aryl methyl sites for hydroxylation is 1. The third-order valence-electron chi connectivity index (χ3n) is 2.33. The van der Waals surface area contributed by atoms with Crippen LogP contribution in [0.2, 0.25) is 0 Å². The smallest absolute Gasteiger partial charge is 0.342 e. The number of benzene rings is 1. The Kier molecular flexibility index (Phi) is 3.37. The topological polar surface area (TPSA) is 72.3 Å². The summed E-state index contributed by atoms with van der Waals surface area (Å²) < 4.78 is 32.0. The molecule has 1 heterocycles. The minimum Gasteiger partial charge on any atom is -0.477 e. The van der Waals surface area contributed by atoms with Crippen molar-refractivity contribution in [3.05, 3.63) is 47.4 Å². The average Bonchev–Trinajstić information content (AvgIpc) is 2.34. The van der Waals surface area contributed by atoms with Gasteiger partial charge in [-0.15, -0.1) is 0 Å². The second kappa shape index (κ2) is 4.97. The van der Waals surface area contributed by atoms with Crippen molar-refractivity contribution in [1.29, 1.82) is 0 Å². The molecule has 0 aliphatic carbocycles. The van der Waals surface area contributed by atoms with Crippen molar-refractivity contribution in [2.45, 2.75) is 6.92 Å². The highest BCUT2D eigenvalue weighted by Crippen LogP contribution is 2.27. The molecular formula is C12H8F2N2O3. The van der Waals surface area contributed by atoms with Gasteiger partial charge in [0.15, 0.2) is 0 Å². The van der Waals surface area contributed by atoms with E-state index in [2.05, 4.69) is 9.97 Å². The summed E-state index contributed by atoms with van der Waals surface area (Å²) in [4.78, 5) is 18.1. The van der Waals surface area contributed by atoms with Crippen LogP contribution in [0.4, 0.5) is 8.78 Å². The Morgan fingerprint density at radius 1 is 1.32 bits per heavy atom. The maximum atomic E-state index is 13.6. The van der Waals surface area contributed by atoms with Gasteiger partial charge in [0.05, 0.1) is 5.69 Å². The van der Waals surface area contributed by atoms with E-state index in [4.69, 9.17) is 9.84 Å². The van der Waals surface area contributed by atoms with Gasteiger partial charge in [-0.25, -0.2) is 14.2 Å². The number of carbonyl (C=O) groups is 1. The molecule has 0 aliphatic heterocycles. The van der Waals surface area contributed by atoms with Crippen LogP contribution in [0.1, 0.15) is 16.1 Å². The first-order valence-corrected chi connectivity index (χ1v) is 5.17. The number of nitrogens with zero attached hydrogens (tertiary/aromatic N) is 2. The quantitative estimate of drug-likeness (QED) is 0.924. The van der Waals surface area contributed by atoms with Gasteiger partial charge in [-0.3, -0.25) is 0 Å². The van der Waals surface area contributed by atoms with Gasteiger partial charge >= 0.3 is 5.97 Å². The Morgan fingerprint density at radius 2 is 2.05 bits per heavy atom. The molecule has 2 aromatic rings. The summed E-state index contributed by atoms with van der Waals surface area (Å²) in [6.45, 7) is 1.40. The van der Waals surface area contributed by atoms with E-state index in [1.807, 2.05) is 0 Å². The van der Waals surface area contributed by atoms with Gasteiger partial charge in [-0.2, -0.15) is 9.37 Å². The lowest BCUT2D eigenvalue weighted by Gasteiger charge is -2.09. The van der Waals surface area contributed by atoms with Crippen molar-refractivity contribution in [2.24, 2.45) is 0 Å². The first kappa shape index (κ1) is 12.9. The normalized spacial score (nSPS) is 10.3. The van der Waals surface area contributed by atoms with Gasteiger partial charge in [0.1, 0.15) is 23.5 Å². The van der Waals surface area contributed by atoms with Crippen LogP contribution < -0.4 is 4.74 Å². The van der Waals surface area contributed by atoms with Gasteiger partial charge in [0.25, 0.3) is 5.88 Å². The Hall–Kier alpha value is -2.57. The molecular weight excluding hydrogens is 258 g/mol. The van der Waals surface area contributed by atoms with E-state index in [9.17, 15) is 13.6 Å². The molecule has 19 heavy (non-hydrogen) atoms. The summed E-state index contributed by atoms with van der Waals surface area (Å²) in [6.07, 6.45) is 1.06. The molecule has 0 unspecified atom stereocenters. The van der Waals surface area contributed by atoms with Gasteiger partial charge in [0, 0.05) is 0 Å². The summed E-state index contributed by atoms with van der Waals surface area (Å²) in [6, 6.07) is 3.43. The first-order valence-electron chi connectivity index (χ1n) is 5.17. The highest BCUT2D eigenvalue weighted by molar-refractivity contribution is 5.91. The maximum Gasteiger partial charge on any atom is 0.342 e. The third-order valence-corrected chi connectivity index (χ3v) is 2.33. The van der Waals surface area contributed by atoms with Crippen molar-refractivity contribution in [3.8, 4) is 11.6 Å². The molecule has 0 atom stereocenters. The molecule has 1 aromatic carbocycles. The Labute approximate surface area is 106 Å². The molecule has 0 fully saturated rings. The number of carboxylic acid groups (broad SMARTS) is 1. The molecule has 7 heteroatoms. The van der Waals surface area contributed by atoms with Crippen LogP contribution in [-0.4, -0.2) is 21.0 Å². The first-order chi connectivity index (χ1) is 9.00. The van der Waals surface area contributed by atoms with Crippen LogP contribution >= 0.6 is 0 Å². The standard InChI is InChI=1S/C12H8F2N2O3/c1-6-10(14)11(16-5-15-6)19-8-4-2-3-7(13)9(8)12(17)18/h2-5H,1H3,(H,17,18). The molecule has 98 valence electrons. The van der Waals surface area contributed by atoms with Crippen LogP contribution in [0.3, 0.4) is 0 Å². The third kappa shape index (κ3) is 2.49. The highest BCUT2D eigenvalue weighted by Gasteiger charge is 2.19. The van der Waals surface area contributed by atoms with Gasteiger partial charge < -0.3 is 9.84 Å². The lowest BCUT2D eigenvalue weighted by atomic mass is 10.2. The molecule has 5 nitrogen and oxygen atoms in total. The van der Waals surface area contributed by atoms with E-state index >= 15 is 0 Å². The number of aromatic carboxylic acids is 1. The molecule has 1 N–H and O–H groups in total. The second-order valence-electron chi connectivity index (χ2n) is 3.60. The lowest BCUT2D eigenvalue weighted by molar-refractivity contribution is 0.0688. The predicted octanol–water partition coefficient (Wildman–Crippen LogP) is 2.55. The molecule has 0 bridgehead atoms. The Balaban J connectivity index is 2.47. The van der Waals surface area contributed by atoms with Crippen molar-refractivity contribution in [3.63, 3.8) is 0 Å². The number of rotatable bonds is 3. The SMILES string of the molecule is Cc1ncnc(Oc2cccc(F)c2C(=O)O)c1F. The van der Waals surface area contributed by atoms with E-state index in [1.165, 1.54) is 19.1 Å². The van der Waals surface area contributed by atoms with E-state index < -0.39 is 29.0 Å². The Bertz CT molecular complexity index is 647. The Morgan fingerprint density at radius 3 is 2.74 bits per heavy atom. The van der Waals surface area contributed by atoms with Crippen LogP contribution in [0.25, 0.3) is 0 Å².